The zero-order chi connectivity index (χ0) is 17.5. The Balaban J connectivity index is 1.53. The lowest BCUT2D eigenvalue weighted by atomic mass is 10.2. The van der Waals surface area contributed by atoms with Gasteiger partial charge in [0.05, 0.1) is 13.2 Å². The standard InChI is InChI=1S/C18H22N4O3/c1-24-14-6-4-13(5-7-14)11-20-17(23)16-8-9-19-18(22-16)21-12-15-3-2-10-25-15/h4-9,15H,2-3,10-12H2,1H3,(H,20,23)(H,19,21,22). The molecule has 3 rings (SSSR count). The predicted octanol–water partition coefficient (Wildman–Crippen LogP) is 2.01. The van der Waals surface area contributed by atoms with E-state index < -0.39 is 0 Å². The summed E-state index contributed by atoms with van der Waals surface area (Å²) in [5, 5.41) is 5.98. The van der Waals surface area contributed by atoms with Crippen molar-refractivity contribution in [1.82, 2.24) is 15.3 Å². The van der Waals surface area contributed by atoms with E-state index in [-0.39, 0.29) is 12.0 Å². The van der Waals surface area contributed by atoms with Crippen LogP contribution in [0.5, 0.6) is 5.75 Å². The van der Waals surface area contributed by atoms with Gasteiger partial charge in [-0.3, -0.25) is 4.79 Å². The van der Waals surface area contributed by atoms with Gasteiger partial charge in [0, 0.05) is 25.9 Å². The molecule has 2 heterocycles. The Kier molecular flexibility index (Phi) is 5.79. The number of anilines is 1. The molecule has 7 nitrogen and oxygen atoms in total. The number of nitrogens with one attached hydrogen (secondary N) is 2. The number of aromatic nitrogens is 2. The fraction of sp³-hybridized carbons (Fsp3) is 0.389. The molecular weight excluding hydrogens is 320 g/mol. The van der Waals surface area contributed by atoms with Crippen LogP contribution < -0.4 is 15.4 Å². The average molecular weight is 342 g/mol. The first-order chi connectivity index (χ1) is 12.2. The van der Waals surface area contributed by atoms with Gasteiger partial charge in [0.1, 0.15) is 11.4 Å². The molecule has 2 aromatic rings. The topological polar surface area (TPSA) is 85.4 Å². The monoisotopic (exact) mass is 342 g/mol. The van der Waals surface area contributed by atoms with Crippen LogP contribution in [0.2, 0.25) is 0 Å². The molecule has 1 aliphatic heterocycles. The summed E-state index contributed by atoms with van der Waals surface area (Å²) in [6.07, 6.45) is 3.89. The van der Waals surface area contributed by atoms with Crippen molar-refractivity contribution >= 4 is 11.9 Å². The molecule has 1 atom stereocenters. The summed E-state index contributed by atoms with van der Waals surface area (Å²) in [5.74, 6) is 0.985. The second-order valence-corrected chi connectivity index (χ2v) is 5.81. The van der Waals surface area contributed by atoms with Crippen LogP contribution in [0.1, 0.15) is 28.9 Å². The van der Waals surface area contributed by atoms with Gasteiger partial charge in [-0.1, -0.05) is 12.1 Å². The summed E-state index contributed by atoms with van der Waals surface area (Å²) in [6.45, 7) is 1.88. The highest BCUT2D eigenvalue weighted by atomic mass is 16.5. The van der Waals surface area contributed by atoms with E-state index in [1.54, 1.807) is 19.4 Å². The van der Waals surface area contributed by atoms with Gasteiger partial charge in [0.2, 0.25) is 5.95 Å². The lowest BCUT2D eigenvalue weighted by Gasteiger charge is -2.11. The third-order valence-corrected chi connectivity index (χ3v) is 4.01. The maximum atomic E-state index is 12.3. The van der Waals surface area contributed by atoms with Gasteiger partial charge in [-0.05, 0) is 36.6 Å². The molecule has 1 amide bonds. The van der Waals surface area contributed by atoms with Gasteiger partial charge < -0.3 is 20.1 Å². The van der Waals surface area contributed by atoms with Gasteiger partial charge in [-0.2, -0.15) is 0 Å². The zero-order valence-corrected chi connectivity index (χ0v) is 14.2. The van der Waals surface area contributed by atoms with Crippen molar-refractivity contribution in [3.63, 3.8) is 0 Å². The number of rotatable bonds is 7. The SMILES string of the molecule is COc1ccc(CNC(=O)c2ccnc(NCC3CCCO3)n2)cc1. The van der Waals surface area contributed by atoms with Crippen molar-refractivity contribution in [2.24, 2.45) is 0 Å². The molecule has 0 radical (unpaired) electrons. The van der Waals surface area contributed by atoms with E-state index in [9.17, 15) is 4.79 Å². The van der Waals surface area contributed by atoms with Gasteiger partial charge in [-0.25, -0.2) is 9.97 Å². The molecule has 0 spiro atoms. The number of nitrogens with zero attached hydrogens (tertiary/aromatic N) is 2. The van der Waals surface area contributed by atoms with Crippen LogP contribution in [0.3, 0.4) is 0 Å². The first-order valence-corrected chi connectivity index (χ1v) is 8.34. The quantitative estimate of drug-likeness (QED) is 0.801. The van der Waals surface area contributed by atoms with Gasteiger partial charge in [0.15, 0.2) is 0 Å². The summed E-state index contributed by atoms with van der Waals surface area (Å²) in [5.41, 5.74) is 1.32. The van der Waals surface area contributed by atoms with E-state index in [2.05, 4.69) is 20.6 Å². The maximum Gasteiger partial charge on any atom is 0.270 e. The minimum absolute atomic E-state index is 0.191. The van der Waals surface area contributed by atoms with Gasteiger partial charge in [0.25, 0.3) is 5.91 Å². The summed E-state index contributed by atoms with van der Waals surface area (Å²) >= 11 is 0. The largest absolute Gasteiger partial charge is 0.497 e. The molecule has 25 heavy (non-hydrogen) atoms. The zero-order valence-electron chi connectivity index (χ0n) is 14.2. The molecule has 1 fully saturated rings. The second kappa shape index (κ2) is 8.43. The number of carbonyl (C=O) groups excluding carboxylic acids is 1. The molecule has 1 aromatic heterocycles. The van der Waals surface area contributed by atoms with Crippen LogP contribution in [0.4, 0.5) is 5.95 Å². The van der Waals surface area contributed by atoms with Crippen LogP contribution in [0, 0.1) is 0 Å². The maximum absolute atomic E-state index is 12.3. The van der Waals surface area contributed by atoms with Crippen LogP contribution in [-0.2, 0) is 11.3 Å². The first-order valence-electron chi connectivity index (χ1n) is 8.34. The number of benzene rings is 1. The van der Waals surface area contributed by atoms with Crippen LogP contribution >= 0.6 is 0 Å². The number of amides is 1. The van der Waals surface area contributed by atoms with E-state index >= 15 is 0 Å². The Morgan fingerprint density at radius 1 is 1.32 bits per heavy atom. The fourth-order valence-corrected chi connectivity index (χ4v) is 2.60. The van der Waals surface area contributed by atoms with Crippen molar-refractivity contribution in [3.05, 3.63) is 47.8 Å². The minimum atomic E-state index is -0.238. The normalized spacial score (nSPS) is 16.4. The number of hydrogen-bond acceptors (Lipinski definition) is 6. The third kappa shape index (κ3) is 4.90. The molecule has 1 aliphatic rings. The summed E-state index contributed by atoms with van der Waals surface area (Å²) in [4.78, 5) is 20.7. The van der Waals surface area contributed by atoms with Gasteiger partial charge >= 0.3 is 0 Å². The Hall–Kier alpha value is -2.67. The summed E-state index contributed by atoms with van der Waals surface area (Å²) < 4.78 is 10.7. The number of hydrogen-bond donors (Lipinski definition) is 2. The third-order valence-electron chi connectivity index (χ3n) is 4.01. The van der Waals surface area contributed by atoms with Crippen LogP contribution in [-0.4, -0.2) is 42.2 Å². The van der Waals surface area contributed by atoms with Crippen molar-refractivity contribution in [2.75, 3.05) is 25.6 Å². The number of methoxy groups -OCH3 is 1. The van der Waals surface area contributed by atoms with Crippen molar-refractivity contribution in [2.45, 2.75) is 25.5 Å². The molecule has 1 unspecified atom stereocenters. The molecule has 0 saturated carbocycles. The molecule has 0 aliphatic carbocycles. The van der Waals surface area contributed by atoms with E-state index in [1.165, 1.54) is 0 Å². The highest BCUT2D eigenvalue weighted by molar-refractivity contribution is 5.92. The van der Waals surface area contributed by atoms with Crippen molar-refractivity contribution in [1.29, 1.82) is 0 Å². The van der Waals surface area contributed by atoms with Gasteiger partial charge in [-0.15, -0.1) is 0 Å². The Morgan fingerprint density at radius 3 is 2.88 bits per heavy atom. The van der Waals surface area contributed by atoms with Crippen molar-refractivity contribution in [3.8, 4) is 5.75 Å². The molecule has 132 valence electrons. The number of ether oxygens (including phenoxy) is 2. The minimum Gasteiger partial charge on any atom is -0.497 e. The summed E-state index contributed by atoms with van der Waals surface area (Å²) in [7, 11) is 1.62. The molecule has 1 saturated heterocycles. The fourth-order valence-electron chi connectivity index (χ4n) is 2.60. The second-order valence-electron chi connectivity index (χ2n) is 5.81. The smallest absolute Gasteiger partial charge is 0.270 e. The Bertz CT molecular complexity index is 700. The molecule has 7 heteroatoms. The van der Waals surface area contributed by atoms with Crippen molar-refractivity contribution < 1.29 is 14.3 Å². The Morgan fingerprint density at radius 2 is 2.16 bits per heavy atom. The molecule has 1 aromatic carbocycles. The molecule has 0 bridgehead atoms. The predicted molar refractivity (Wildman–Crippen MR) is 93.7 cm³/mol. The van der Waals surface area contributed by atoms with E-state index in [0.29, 0.717) is 24.7 Å². The summed E-state index contributed by atoms with van der Waals surface area (Å²) in [6, 6.07) is 9.14. The highest BCUT2D eigenvalue weighted by Crippen LogP contribution is 2.13. The average Bonchev–Trinajstić information content (AvgIpc) is 3.19. The lowest BCUT2D eigenvalue weighted by Crippen LogP contribution is -2.25. The van der Waals surface area contributed by atoms with Crippen LogP contribution in [0.25, 0.3) is 0 Å². The van der Waals surface area contributed by atoms with E-state index in [1.807, 2.05) is 24.3 Å². The molecular formula is C18H22N4O3. The first kappa shape index (κ1) is 17.2. The van der Waals surface area contributed by atoms with Crippen LogP contribution in [0.15, 0.2) is 36.5 Å². The number of carbonyl (C=O) groups is 1. The Labute approximate surface area is 146 Å². The van der Waals surface area contributed by atoms with E-state index in [0.717, 1.165) is 30.8 Å². The van der Waals surface area contributed by atoms with E-state index in [4.69, 9.17) is 9.47 Å². The highest BCUT2D eigenvalue weighted by Gasteiger charge is 2.16. The lowest BCUT2D eigenvalue weighted by molar-refractivity contribution is 0.0946. The molecule has 2 N–H and O–H groups in total.